The van der Waals surface area contributed by atoms with Crippen LogP contribution in [0.4, 0.5) is 4.79 Å². The number of amides is 2. The number of carbonyl (C=O) groups excluding carboxylic acids is 2. The molecule has 0 aromatic heterocycles. The third-order valence-corrected chi connectivity index (χ3v) is 4.33. The molecular formula is C15H21N3O2S. The Kier molecular flexibility index (Phi) is 6.07. The van der Waals surface area contributed by atoms with Crippen molar-refractivity contribution in [3.8, 4) is 0 Å². The zero-order chi connectivity index (χ0) is 15.1. The van der Waals surface area contributed by atoms with E-state index in [9.17, 15) is 9.59 Å². The molecule has 1 aromatic carbocycles. The normalized spacial score (nSPS) is 14.5. The van der Waals surface area contributed by atoms with Crippen LogP contribution in [-0.2, 0) is 11.2 Å². The van der Waals surface area contributed by atoms with E-state index in [0.29, 0.717) is 26.2 Å². The molecule has 0 saturated carbocycles. The molecule has 0 unspecified atom stereocenters. The van der Waals surface area contributed by atoms with Crippen LogP contribution in [0.1, 0.15) is 5.56 Å². The van der Waals surface area contributed by atoms with Crippen molar-refractivity contribution in [3.05, 3.63) is 35.9 Å². The highest BCUT2D eigenvalue weighted by molar-refractivity contribution is 8.13. The first kappa shape index (κ1) is 15.9. The van der Waals surface area contributed by atoms with E-state index in [-0.39, 0.29) is 17.7 Å². The Balaban J connectivity index is 1.88. The van der Waals surface area contributed by atoms with Crippen molar-refractivity contribution in [2.24, 2.45) is 5.73 Å². The van der Waals surface area contributed by atoms with Gasteiger partial charge in [0.15, 0.2) is 0 Å². The molecule has 21 heavy (non-hydrogen) atoms. The van der Waals surface area contributed by atoms with Gasteiger partial charge in [-0.3, -0.25) is 9.59 Å². The lowest BCUT2D eigenvalue weighted by Gasteiger charge is -2.24. The number of thioether (sulfide) groups is 1. The standard InChI is InChI=1S/C15H21N3O2S/c16-7-9-17(8-6-13-4-2-1-3-5-13)14(19)12-18-10-11-21-15(18)20/h1-5H,6-12,16H2. The fraction of sp³-hybridized carbons (Fsp3) is 0.467. The predicted octanol–water partition coefficient (Wildman–Crippen LogP) is 1.19. The maximum Gasteiger partial charge on any atom is 0.282 e. The second-order valence-corrected chi connectivity index (χ2v) is 5.99. The highest BCUT2D eigenvalue weighted by Crippen LogP contribution is 2.17. The van der Waals surface area contributed by atoms with Crippen molar-refractivity contribution in [3.63, 3.8) is 0 Å². The van der Waals surface area contributed by atoms with Gasteiger partial charge >= 0.3 is 0 Å². The first-order valence-corrected chi connectivity index (χ1v) is 8.12. The summed E-state index contributed by atoms with van der Waals surface area (Å²) in [7, 11) is 0. The van der Waals surface area contributed by atoms with E-state index in [2.05, 4.69) is 0 Å². The fourth-order valence-electron chi connectivity index (χ4n) is 2.26. The van der Waals surface area contributed by atoms with Gasteiger partial charge in [0, 0.05) is 31.9 Å². The maximum atomic E-state index is 12.3. The summed E-state index contributed by atoms with van der Waals surface area (Å²) < 4.78 is 0. The lowest BCUT2D eigenvalue weighted by molar-refractivity contribution is -0.131. The Bertz CT molecular complexity index is 481. The van der Waals surface area contributed by atoms with E-state index in [1.54, 1.807) is 9.80 Å². The zero-order valence-electron chi connectivity index (χ0n) is 12.0. The van der Waals surface area contributed by atoms with Crippen molar-refractivity contribution >= 4 is 22.9 Å². The van der Waals surface area contributed by atoms with Crippen molar-refractivity contribution < 1.29 is 9.59 Å². The topological polar surface area (TPSA) is 66.6 Å². The van der Waals surface area contributed by atoms with Crippen molar-refractivity contribution in [1.29, 1.82) is 0 Å². The SMILES string of the molecule is NCCN(CCc1ccccc1)C(=O)CN1CCSC1=O. The third-order valence-electron chi connectivity index (χ3n) is 3.44. The molecule has 0 spiro atoms. The molecule has 5 nitrogen and oxygen atoms in total. The molecule has 1 aliphatic rings. The summed E-state index contributed by atoms with van der Waals surface area (Å²) >= 11 is 1.27. The smallest absolute Gasteiger partial charge is 0.282 e. The average molecular weight is 307 g/mol. The Morgan fingerprint density at radius 2 is 2.05 bits per heavy atom. The molecule has 0 atom stereocenters. The Morgan fingerprint density at radius 3 is 2.67 bits per heavy atom. The van der Waals surface area contributed by atoms with Gasteiger partial charge in [-0.25, -0.2) is 0 Å². The van der Waals surface area contributed by atoms with Gasteiger partial charge in [-0.05, 0) is 12.0 Å². The highest BCUT2D eigenvalue weighted by Gasteiger charge is 2.25. The van der Waals surface area contributed by atoms with Crippen LogP contribution in [0.5, 0.6) is 0 Å². The van der Waals surface area contributed by atoms with Crippen molar-refractivity contribution in [1.82, 2.24) is 9.80 Å². The zero-order valence-corrected chi connectivity index (χ0v) is 12.8. The summed E-state index contributed by atoms with van der Waals surface area (Å²) in [5.41, 5.74) is 6.79. The second kappa shape index (κ2) is 8.05. The monoisotopic (exact) mass is 307 g/mol. The van der Waals surface area contributed by atoms with Gasteiger partial charge < -0.3 is 15.5 Å². The fourth-order valence-corrected chi connectivity index (χ4v) is 3.08. The number of nitrogens with zero attached hydrogens (tertiary/aromatic N) is 2. The largest absolute Gasteiger partial charge is 0.340 e. The van der Waals surface area contributed by atoms with Crippen LogP contribution in [0.2, 0.25) is 0 Å². The minimum absolute atomic E-state index is 0.000826. The molecular weight excluding hydrogens is 286 g/mol. The van der Waals surface area contributed by atoms with Gasteiger partial charge in [0.25, 0.3) is 5.24 Å². The Labute approximate surface area is 129 Å². The lowest BCUT2D eigenvalue weighted by atomic mass is 10.1. The van der Waals surface area contributed by atoms with Crippen LogP contribution < -0.4 is 5.73 Å². The number of rotatable bonds is 7. The molecule has 0 radical (unpaired) electrons. The summed E-state index contributed by atoms with van der Waals surface area (Å²) in [6.45, 7) is 2.42. The van der Waals surface area contributed by atoms with Gasteiger partial charge in [-0.1, -0.05) is 42.1 Å². The van der Waals surface area contributed by atoms with Gasteiger partial charge in [0.1, 0.15) is 6.54 Å². The number of hydrogen-bond acceptors (Lipinski definition) is 4. The number of hydrogen-bond donors (Lipinski definition) is 1. The van der Waals surface area contributed by atoms with E-state index < -0.39 is 0 Å². The molecule has 1 saturated heterocycles. The molecule has 1 aromatic rings. The molecule has 1 fully saturated rings. The molecule has 0 bridgehead atoms. The highest BCUT2D eigenvalue weighted by atomic mass is 32.2. The molecule has 2 N–H and O–H groups in total. The summed E-state index contributed by atoms with van der Waals surface area (Å²) in [6, 6.07) is 10.1. The molecule has 1 heterocycles. The summed E-state index contributed by atoms with van der Waals surface area (Å²) in [5.74, 6) is 0.750. The Hall–Kier alpha value is -1.53. The summed E-state index contributed by atoms with van der Waals surface area (Å²) in [4.78, 5) is 27.2. The lowest BCUT2D eigenvalue weighted by Crippen LogP contribution is -2.43. The van der Waals surface area contributed by atoms with E-state index in [0.717, 1.165) is 12.2 Å². The van der Waals surface area contributed by atoms with Crippen molar-refractivity contribution in [2.75, 3.05) is 38.5 Å². The van der Waals surface area contributed by atoms with Gasteiger partial charge in [-0.2, -0.15) is 0 Å². The predicted molar refractivity (Wildman–Crippen MR) is 85.2 cm³/mol. The molecule has 114 valence electrons. The van der Waals surface area contributed by atoms with Gasteiger partial charge in [0.2, 0.25) is 5.91 Å². The van der Waals surface area contributed by atoms with Crippen LogP contribution in [0.15, 0.2) is 30.3 Å². The number of nitrogens with two attached hydrogens (primary N) is 1. The minimum atomic E-state index is -0.0211. The van der Waals surface area contributed by atoms with E-state index in [4.69, 9.17) is 5.73 Å². The molecule has 1 aliphatic heterocycles. The van der Waals surface area contributed by atoms with E-state index in [1.807, 2.05) is 30.3 Å². The molecule has 2 amide bonds. The molecule has 2 rings (SSSR count). The molecule has 0 aliphatic carbocycles. The van der Waals surface area contributed by atoms with E-state index >= 15 is 0 Å². The first-order valence-electron chi connectivity index (χ1n) is 7.14. The number of carbonyl (C=O) groups is 2. The summed E-state index contributed by atoms with van der Waals surface area (Å²) in [6.07, 6.45) is 0.801. The van der Waals surface area contributed by atoms with Crippen LogP contribution in [0.3, 0.4) is 0 Å². The third kappa shape index (κ3) is 4.75. The second-order valence-electron chi connectivity index (χ2n) is 4.94. The van der Waals surface area contributed by atoms with Crippen molar-refractivity contribution in [2.45, 2.75) is 6.42 Å². The minimum Gasteiger partial charge on any atom is -0.340 e. The molecule has 6 heteroatoms. The average Bonchev–Trinajstić information content (AvgIpc) is 2.89. The van der Waals surface area contributed by atoms with Gasteiger partial charge in [0.05, 0.1) is 0 Å². The summed E-state index contributed by atoms with van der Waals surface area (Å²) in [5, 5.41) is -0.000826. The number of benzene rings is 1. The van der Waals surface area contributed by atoms with Crippen LogP contribution in [-0.4, -0.2) is 59.4 Å². The maximum absolute atomic E-state index is 12.3. The van der Waals surface area contributed by atoms with Gasteiger partial charge in [-0.15, -0.1) is 0 Å². The Morgan fingerprint density at radius 1 is 1.29 bits per heavy atom. The first-order chi connectivity index (χ1) is 10.2. The quantitative estimate of drug-likeness (QED) is 0.821. The van der Waals surface area contributed by atoms with Crippen LogP contribution in [0, 0.1) is 0 Å². The van der Waals surface area contributed by atoms with Crippen LogP contribution in [0.25, 0.3) is 0 Å². The van der Waals surface area contributed by atoms with Crippen LogP contribution >= 0.6 is 11.8 Å². The van der Waals surface area contributed by atoms with E-state index in [1.165, 1.54) is 17.3 Å².